The van der Waals surface area contributed by atoms with Crippen molar-refractivity contribution in [3.05, 3.63) is 107 Å². The molecule has 3 aliphatic heterocycles. The number of aliphatic hydroxyl groups is 1. The first-order valence-electron chi connectivity index (χ1n) is 27.2. The van der Waals surface area contributed by atoms with Gasteiger partial charge in [-0.05, 0) is 72.9 Å². The highest BCUT2D eigenvalue weighted by atomic mass is 32.1. The van der Waals surface area contributed by atoms with Gasteiger partial charge in [-0.2, -0.15) is 5.10 Å². The summed E-state index contributed by atoms with van der Waals surface area (Å²) in [5.74, 6) is -2.24. The van der Waals surface area contributed by atoms with Crippen molar-refractivity contribution in [3.8, 4) is 32.8 Å². The van der Waals surface area contributed by atoms with Crippen LogP contribution in [0.1, 0.15) is 95.0 Å². The van der Waals surface area contributed by atoms with E-state index in [0.29, 0.717) is 73.7 Å². The van der Waals surface area contributed by atoms with Crippen molar-refractivity contribution < 1.29 is 37.8 Å². The van der Waals surface area contributed by atoms with E-state index >= 15 is 8.78 Å². The van der Waals surface area contributed by atoms with E-state index in [4.69, 9.17) is 9.72 Å². The fraction of sp³-hybridized carbons (Fsp3) is 0.483. The summed E-state index contributed by atoms with van der Waals surface area (Å²) in [6.45, 7) is 12.6. The van der Waals surface area contributed by atoms with Crippen LogP contribution < -0.4 is 16.0 Å². The molecule has 6 aromatic rings. The number of hydrogen-bond acceptors (Lipinski definition) is 13. The van der Waals surface area contributed by atoms with Crippen molar-refractivity contribution in [2.24, 2.45) is 5.41 Å². The number of unbranched alkanes of at least 4 members (excludes halogenated alkanes) is 3. The molecule has 4 amide bonds. The third kappa shape index (κ3) is 14.0. The molecule has 78 heavy (non-hydrogen) atoms. The molecule has 17 nitrogen and oxygen atoms in total. The Morgan fingerprint density at radius 3 is 2.32 bits per heavy atom. The molecule has 4 N–H and O–H groups in total. The predicted octanol–water partition coefficient (Wildman–Crippen LogP) is 7.22. The first-order valence-corrected chi connectivity index (χ1v) is 28.1. The SMILES string of the molecule is Cc1ncsc1-c1ccc(CNC(=O)[C@@H]2C[C@@H](O)CN2C(=O)[C@@H](NC(=O)CCCCCCNC(=O)CN2CCC(n3cc(-c4cnc5cccc(-c6cc(F)c(CN7CCOCC7)c(F)c6)c5n4)cn3)CC2)C(C)(C)C)cc1. The number of halogens is 2. The number of thiazole rings is 1. The number of para-hydroxylation sites is 1. The molecular weight excluding hydrogens is 1020 g/mol. The standard InChI is InChI=1S/C58H71F2N11O6S/c1-37-54(78-36-64-37)39-15-13-38(14-16-39)29-63-56(75)50-28-43(72)33-70(50)57(76)55(58(2,3)4)67-51(73)12-7-5-6-8-19-61-52(74)35-68-20-17-42(18-21-68)71-32-41(30-65-71)49-31-62-48-11-9-10-44(53(48)66-49)40-26-46(59)45(47(60)27-40)34-69-22-24-77-25-23-69/h9-11,13-16,26-27,30-32,36,42-43,50,55,72H,5-8,12,17-25,28-29,33-35H2,1-4H3,(H,61,74)(H,63,75)(H,67,73)/t43-,50+,55-/m1/s1. The van der Waals surface area contributed by atoms with Crippen molar-refractivity contribution in [1.82, 2.24) is 55.4 Å². The summed E-state index contributed by atoms with van der Waals surface area (Å²) >= 11 is 1.57. The first kappa shape index (κ1) is 56.2. The Labute approximate surface area is 458 Å². The zero-order valence-corrected chi connectivity index (χ0v) is 45.8. The summed E-state index contributed by atoms with van der Waals surface area (Å²) in [4.78, 5) is 74.3. The monoisotopic (exact) mass is 1090 g/mol. The second kappa shape index (κ2) is 25.5. The van der Waals surface area contributed by atoms with Gasteiger partial charge in [-0.3, -0.25) is 38.6 Å². The number of benzene rings is 3. The lowest BCUT2D eigenvalue weighted by Gasteiger charge is -2.35. The van der Waals surface area contributed by atoms with Crippen molar-refractivity contribution in [2.45, 2.75) is 116 Å². The van der Waals surface area contributed by atoms with E-state index in [1.165, 1.54) is 17.0 Å². The van der Waals surface area contributed by atoms with Gasteiger partial charge < -0.3 is 30.7 Å². The normalized spacial score (nSPS) is 18.1. The predicted molar refractivity (Wildman–Crippen MR) is 295 cm³/mol. The van der Waals surface area contributed by atoms with Gasteiger partial charge in [0.1, 0.15) is 23.7 Å². The van der Waals surface area contributed by atoms with Gasteiger partial charge in [0.25, 0.3) is 0 Å². The maximum absolute atomic E-state index is 15.5. The number of aromatic nitrogens is 5. The molecule has 0 bridgehead atoms. The molecule has 3 atom stereocenters. The number of carbonyl (C=O) groups is 4. The molecule has 0 unspecified atom stereocenters. The lowest BCUT2D eigenvalue weighted by Crippen LogP contribution is -2.57. The van der Waals surface area contributed by atoms with Crippen LogP contribution in [-0.2, 0) is 37.0 Å². The van der Waals surface area contributed by atoms with Gasteiger partial charge in [0.15, 0.2) is 0 Å². The highest BCUT2D eigenvalue weighted by Crippen LogP contribution is 2.33. The molecule has 3 aromatic heterocycles. The van der Waals surface area contributed by atoms with Crippen LogP contribution in [0.2, 0.25) is 0 Å². The van der Waals surface area contributed by atoms with Crippen LogP contribution in [0.5, 0.6) is 0 Å². The van der Waals surface area contributed by atoms with Crippen molar-refractivity contribution in [2.75, 3.05) is 59.0 Å². The molecule has 20 heteroatoms. The van der Waals surface area contributed by atoms with Crippen LogP contribution in [0, 0.1) is 24.0 Å². The van der Waals surface area contributed by atoms with Gasteiger partial charge >= 0.3 is 0 Å². The van der Waals surface area contributed by atoms with Crippen LogP contribution in [0.15, 0.2) is 78.7 Å². The molecule has 0 saturated carbocycles. The van der Waals surface area contributed by atoms with E-state index < -0.39 is 41.1 Å². The van der Waals surface area contributed by atoms with Gasteiger partial charge in [0, 0.05) is 88.1 Å². The van der Waals surface area contributed by atoms with Crippen molar-refractivity contribution in [3.63, 3.8) is 0 Å². The maximum atomic E-state index is 15.5. The average molecular weight is 1090 g/mol. The molecule has 0 spiro atoms. The third-order valence-corrected chi connectivity index (χ3v) is 16.0. The third-order valence-electron chi connectivity index (χ3n) is 15.1. The number of piperidine rings is 1. The van der Waals surface area contributed by atoms with Crippen LogP contribution in [0.4, 0.5) is 8.78 Å². The topological polar surface area (TPSA) is 200 Å². The minimum Gasteiger partial charge on any atom is -0.391 e. The minimum absolute atomic E-state index is 0.00422. The summed E-state index contributed by atoms with van der Waals surface area (Å²) in [6.07, 6.45) is 9.47. The summed E-state index contributed by atoms with van der Waals surface area (Å²) in [6, 6.07) is 14.4. The highest BCUT2D eigenvalue weighted by molar-refractivity contribution is 7.13. The molecule has 6 heterocycles. The quantitative estimate of drug-likeness (QED) is 0.0561. The van der Waals surface area contributed by atoms with E-state index in [2.05, 4.69) is 35.9 Å². The van der Waals surface area contributed by atoms with Crippen LogP contribution in [0.3, 0.4) is 0 Å². The summed E-state index contributed by atoms with van der Waals surface area (Å²) in [5.41, 5.74) is 7.60. The molecular formula is C58H71F2N11O6S. The zero-order valence-electron chi connectivity index (χ0n) is 45.0. The number of morpholine rings is 1. The Balaban J connectivity index is 0.672. The largest absolute Gasteiger partial charge is 0.391 e. The van der Waals surface area contributed by atoms with Crippen LogP contribution in [0.25, 0.3) is 43.9 Å². The lowest BCUT2D eigenvalue weighted by molar-refractivity contribution is -0.144. The van der Waals surface area contributed by atoms with Gasteiger partial charge in [0.2, 0.25) is 23.6 Å². The Morgan fingerprint density at radius 1 is 0.859 bits per heavy atom. The number of fused-ring (bicyclic) bond motifs is 1. The molecule has 3 saturated heterocycles. The minimum atomic E-state index is -0.897. The van der Waals surface area contributed by atoms with Crippen LogP contribution in [-0.4, -0.2) is 145 Å². The van der Waals surface area contributed by atoms with E-state index in [9.17, 15) is 24.3 Å². The molecule has 0 aliphatic carbocycles. The summed E-state index contributed by atoms with van der Waals surface area (Å²) in [7, 11) is 0. The number of aliphatic hydroxyl groups excluding tert-OH is 1. The number of β-amino-alcohol motifs (C(OH)–C–C–N with tert-alkyl or cyclic N) is 1. The second-order valence-corrected chi connectivity index (χ2v) is 22.8. The number of amides is 4. The smallest absolute Gasteiger partial charge is 0.246 e. The number of likely N-dealkylation sites (tertiary alicyclic amines) is 2. The Morgan fingerprint density at radius 2 is 1.60 bits per heavy atom. The number of nitrogens with zero attached hydrogens (tertiary/aromatic N) is 8. The molecule has 0 radical (unpaired) electrons. The zero-order chi connectivity index (χ0) is 54.9. The van der Waals surface area contributed by atoms with Crippen LogP contribution >= 0.6 is 11.3 Å². The van der Waals surface area contributed by atoms with E-state index in [1.54, 1.807) is 35.9 Å². The van der Waals surface area contributed by atoms with Crippen molar-refractivity contribution >= 4 is 46.0 Å². The lowest BCUT2D eigenvalue weighted by atomic mass is 9.85. The molecule has 3 fully saturated rings. The number of rotatable bonds is 20. The molecule has 9 rings (SSSR count). The van der Waals surface area contributed by atoms with E-state index in [-0.39, 0.29) is 61.8 Å². The summed E-state index contributed by atoms with van der Waals surface area (Å²) < 4.78 is 38.2. The number of carbonyl (C=O) groups excluding carboxylic acids is 4. The fourth-order valence-corrected chi connectivity index (χ4v) is 11.4. The maximum Gasteiger partial charge on any atom is 0.246 e. The van der Waals surface area contributed by atoms with E-state index in [0.717, 1.165) is 72.5 Å². The Hall–Kier alpha value is -6.58. The van der Waals surface area contributed by atoms with Gasteiger partial charge in [0.05, 0.1) is 77.1 Å². The number of nitrogens with one attached hydrogen (secondary N) is 3. The van der Waals surface area contributed by atoms with E-state index in [1.807, 2.05) is 79.3 Å². The van der Waals surface area contributed by atoms with Crippen molar-refractivity contribution in [1.29, 1.82) is 0 Å². The molecule has 3 aromatic carbocycles. The molecule has 3 aliphatic rings. The number of hydrogen-bond donors (Lipinski definition) is 4. The Bertz CT molecular complexity index is 3040. The summed E-state index contributed by atoms with van der Waals surface area (Å²) in [5, 5.41) is 24.2. The van der Waals surface area contributed by atoms with Gasteiger partial charge in [-0.1, -0.05) is 70.0 Å². The highest BCUT2D eigenvalue weighted by Gasteiger charge is 2.44. The van der Waals surface area contributed by atoms with Gasteiger partial charge in [-0.15, -0.1) is 11.3 Å². The Kier molecular flexibility index (Phi) is 18.3. The number of ether oxygens (including phenoxy) is 1. The molecule has 414 valence electrons. The van der Waals surface area contributed by atoms with Gasteiger partial charge in [-0.25, -0.2) is 18.7 Å². The fourth-order valence-electron chi connectivity index (χ4n) is 10.6. The number of aryl methyl sites for hydroxylation is 1. The average Bonchev–Trinajstić information content (AvgIpc) is 4.35. The second-order valence-electron chi connectivity index (χ2n) is 21.9. The first-order chi connectivity index (χ1) is 37.6.